The van der Waals surface area contributed by atoms with Gasteiger partial charge < -0.3 is 9.57 Å². The highest BCUT2D eigenvalue weighted by Crippen LogP contribution is 2.26. The Bertz CT molecular complexity index is 183. The van der Waals surface area contributed by atoms with Crippen LogP contribution in [0.15, 0.2) is 17.2 Å². The Hall–Kier alpha value is -1.20. The van der Waals surface area contributed by atoms with E-state index in [2.05, 4.69) is 14.7 Å². The molecule has 0 aliphatic carbocycles. The summed E-state index contributed by atoms with van der Waals surface area (Å²) in [5.41, 5.74) is 0. The van der Waals surface area contributed by atoms with Gasteiger partial charge in [-0.25, -0.2) is 0 Å². The fourth-order valence-corrected chi connectivity index (χ4v) is 0.343. The third-order valence-corrected chi connectivity index (χ3v) is 0.723. The molecule has 10 heavy (non-hydrogen) atoms. The van der Waals surface area contributed by atoms with Gasteiger partial charge in [0.15, 0.2) is 6.26 Å². The molecule has 0 amide bonds. The average molecular weight is 153 g/mol. The SMILES string of the molecule is FC(F)(F)C1=CON=CO1. The van der Waals surface area contributed by atoms with Crippen molar-refractivity contribution in [2.24, 2.45) is 5.16 Å². The van der Waals surface area contributed by atoms with Crippen LogP contribution >= 0.6 is 0 Å². The quantitative estimate of drug-likeness (QED) is 0.526. The van der Waals surface area contributed by atoms with E-state index in [1.54, 1.807) is 0 Å². The molecule has 0 atom stereocenters. The van der Waals surface area contributed by atoms with Crippen LogP contribution in [-0.2, 0) is 9.57 Å². The molecule has 56 valence electrons. The van der Waals surface area contributed by atoms with Gasteiger partial charge in [0.2, 0.25) is 12.2 Å². The lowest BCUT2D eigenvalue weighted by atomic mass is 10.5. The maximum absolute atomic E-state index is 11.6. The third kappa shape index (κ3) is 1.40. The minimum atomic E-state index is -4.51. The zero-order chi connectivity index (χ0) is 7.61. The molecule has 1 rings (SSSR count). The lowest BCUT2D eigenvalue weighted by Crippen LogP contribution is -2.16. The Morgan fingerprint density at radius 1 is 1.40 bits per heavy atom. The normalized spacial score (nSPS) is 17.3. The van der Waals surface area contributed by atoms with Gasteiger partial charge in [-0.3, -0.25) is 0 Å². The molecule has 3 nitrogen and oxygen atoms in total. The van der Waals surface area contributed by atoms with Gasteiger partial charge in [-0.15, -0.1) is 0 Å². The van der Waals surface area contributed by atoms with Gasteiger partial charge in [0, 0.05) is 0 Å². The summed E-state index contributed by atoms with van der Waals surface area (Å²) >= 11 is 0. The number of halogens is 3. The molecule has 1 heterocycles. The first kappa shape index (κ1) is 6.91. The molecule has 1 aliphatic rings. The molecule has 0 spiro atoms. The Morgan fingerprint density at radius 3 is 2.40 bits per heavy atom. The van der Waals surface area contributed by atoms with E-state index in [1.165, 1.54) is 0 Å². The monoisotopic (exact) mass is 153 g/mol. The topological polar surface area (TPSA) is 30.8 Å². The average Bonchev–Trinajstić information content (AvgIpc) is 1.88. The van der Waals surface area contributed by atoms with Crippen LogP contribution in [0, 0.1) is 0 Å². The van der Waals surface area contributed by atoms with Crippen LogP contribution in [0.5, 0.6) is 0 Å². The number of hydrogen-bond donors (Lipinski definition) is 0. The number of oxime groups is 1. The highest BCUT2D eigenvalue weighted by molar-refractivity contribution is 5.48. The maximum atomic E-state index is 11.6. The Morgan fingerprint density at radius 2 is 2.10 bits per heavy atom. The van der Waals surface area contributed by atoms with Crippen molar-refractivity contribution in [3.8, 4) is 0 Å². The standard InChI is InChI=1S/C4H2F3NO2/c5-4(6,7)3-1-10-8-2-9-3/h1-2H. The predicted octanol–water partition coefficient (Wildman–Crippen LogP) is 1.38. The fraction of sp³-hybridized carbons (Fsp3) is 0.250. The Labute approximate surface area is 53.7 Å². The maximum Gasteiger partial charge on any atom is 0.452 e. The fourth-order valence-electron chi connectivity index (χ4n) is 0.343. The molecular formula is C4H2F3NO2. The number of nitrogens with zero attached hydrogens (tertiary/aromatic N) is 1. The Kier molecular flexibility index (Phi) is 1.52. The molecule has 0 radical (unpaired) electrons. The first-order valence-corrected chi connectivity index (χ1v) is 2.22. The van der Waals surface area contributed by atoms with Gasteiger partial charge in [0.25, 0.3) is 0 Å². The predicted molar refractivity (Wildman–Crippen MR) is 24.8 cm³/mol. The van der Waals surface area contributed by atoms with E-state index in [1.807, 2.05) is 0 Å². The zero-order valence-electron chi connectivity index (χ0n) is 4.55. The number of rotatable bonds is 0. The largest absolute Gasteiger partial charge is 0.452 e. The summed E-state index contributed by atoms with van der Waals surface area (Å²) < 4.78 is 38.8. The summed E-state index contributed by atoms with van der Waals surface area (Å²) in [5, 5.41) is 2.92. The van der Waals surface area contributed by atoms with Crippen molar-refractivity contribution in [2.45, 2.75) is 6.18 Å². The number of hydrogen-bond acceptors (Lipinski definition) is 3. The summed E-state index contributed by atoms with van der Waals surface area (Å²) in [6.45, 7) is 0. The van der Waals surface area contributed by atoms with E-state index >= 15 is 0 Å². The van der Waals surface area contributed by atoms with Crippen molar-refractivity contribution >= 4 is 6.40 Å². The second-order valence-corrected chi connectivity index (χ2v) is 1.41. The van der Waals surface area contributed by atoms with E-state index in [4.69, 9.17) is 0 Å². The number of ether oxygens (including phenoxy) is 1. The molecule has 0 aromatic carbocycles. The van der Waals surface area contributed by atoms with Gasteiger partial charge in [-0.2, -0.15) is 13.2 Å². The van der Waals surface area contributed by atoms with Crippen LogP contribution < -0.4 is 0 Å². The first-order chi connectivity index (χ1) is 4.61. The minimum absolute atomic E-state index is 0.389. The summed E-state index contributed by atoms with van der Waals surface area (Å²) in [7, 11) is 0. The van der Waals surface area contributed by atoms with Gasteiger partial charge >= 0.3 is 6.18 Å². The first-order valence-electron chi connectivity index (χ1n) is 2.22. The number of alkyl halides is 3. The van der Waals surface area contributed by atoms with Gasteiger partial charge in [-0.05, 0) is 5.16 Å². The second-order valence-electron chi connectivity index (χ2n) is 1.41. The lowest BCUT2D eigenvalue weighted by molar-refractivity contribution is -0.122. The summed E-state index contributed by atoms with van der Waals surface area (Å²) in [4.78, 5) is 3.97. The van der Waals surface area contributed by atoms with Crippen LogP contribution in [0.1, 0.15) is 0 Å². The van der Waals surface area contributed by atoms with E-state index in [9.17, 15) is 13.2 Å². The van der Waals surface area contributed by atoms with E-state index in [0.717, 1.165) is 0 Å². The van der Waals surface area contributed by atoms with Gasteiger partial charge in [-0.1, -0.05) is 0 Å². The van der Waals surface area contributed by atoms with Crippen molar-refractivity contribution in [2.75, 3.05) is 0 Å². The summed E-state index contributed by atoms with van der Waals surface area (Å²) in [6, 6.07) is 0. The molecule has 0 aromatic heterocycles. The van der Waals surface area contributed by atoms with Crippen molar-refractivity contribution in [3.05, 3.63) is 12.0 Å². The van der Waals surface area contributed by atoms with E-state index in [0.29, 0.717) is 12.7 Å². The molecule has 0 saturated carbocycles. The van der Waals surface area contributed by atoms with Crippen molar-refractivity contribution in [1.29, 1.82) is 0 Å². The van der Waals surface area contributed by atoms with Gasteiger partial charge in [0.1, 0.15) is 0 Å². The lowest BCUT2D eigenvalue weighted by Gasteiger charge is -2.10. The van der Waals surface area contributed by atoms with Crippen LogP contribution in [0.3, 0.4) is 0 Å². The van der Waals surface area contributed by atoms with E-state index < -0.39 is 11.9 Å². The van der Waals surface area contributed by atoms with Crippen LogP contribution in [0.2, 0.25) is 0 Å². The van der Waals surface area contributed by atoms with Crippen LogP contribution in [-0.4, -0.2) is 12.6 Å². The summed E-state index contributed by atoms with van der Waals surface area (Å²) in [6.07, 6.45) is -3.55. The summed E-state index contributed by atoms with van der Waals surface area (Å²) in [5.74, 6) is -1.21. The van der Waals surface area contributed by atoms with Crippen molar-refractivity contribution < 1.29 is 22.7 Å². The minimum Gasteiger partial charge on any atom is -0.434 e. The highest BCUT2D eigenvalue weighted by atomic mass is 19.4. The third-order valence-electron chi connectivity index (χ3n) is 0.723. The van der Waals surface area contributed by atoms with E-state index in [-0.39, 0.29) is 0 Å². The molecule has 0 fully saturated rings. The van der Waals surface area contributed by atoms with Crippen molar-refractivity contribution in [1.82, 2.24) is 0 Å². The molecule has 6 heteroatoms. The molecule has 0 N–H and O–H groups in total. The molecule has 1 aliphatic heterocycles. The molecule has 0 saturated heterocycles. The zero-order valence-corrected chi connectivity index (χ0v) is 4.55. The van der Waals surface area contributed by atoms with Crippen molar-refractivity contribution in [3.63, 3.8) is 0 Å². The molecular weight excluding hydrogens is 151 g/mol. The second kappa shape index (κ2) is 2.20. The highest BCUT2D eigenvalue weighted by Gasteiger charge is 2.37. The number of allylic oxidation sites excluding steroid dienone is 1. The smallest absolute Gasteiger partial charge is 0.434 e. The molecule has 0 aromatic rings. The Balaban J connectivity index is 2.65. The molecule has 0 unspecified atom stereocenters. The van der Waals surface area contributed by atoms with Crippen LogP contribution in [0.4, 0.5) is 13.2 Å². The molecule has 0 bridgehead atoms. The van der Waals surface area contributed by atoms with Gasteiger partial charge in [0.05, 0.1) is 0 Å². The van der Waals surface area contributed by atoms with Crippen LogP contribution in [0.25, 0.3) is 0 Å².